The molecule has 0 aliphatic carbocycles. The smallest absolute Gasteiger partial charge is 0.337 e. The molecule has 4 heterocycles. The number of esters is 1. The number of halogens is 2. The van der Waals surface area contributed by atoms with Gasteiger partial charge in [-0.25, -0.2) is 4.79 Å². The van der Waals surface area contributed by atoms with Crippen LogP contribution in [-0.2, 0) is 29.7 Å². The van der Waals surface area contributed by atoms with Gasteiger partial charge in [-0.3, -0.25) is 9.48 Å². The Morgan fingerprint density at radius 1 is 0.982 bits per heavy atom. The zero-order chi connectivity index (χ0) is 39.3. The molecule has 1 amide bonds. The van der Waals surface area contributed by atoms with Crippen molar-refractivity contribution >= 4 is 62.6 Å². The number of hydrogen-bond donors (Lipinski definition) is 0. The summed E-state index contributed by atoms with van der Waals surface area (Å²) in [4.78, 5) is 29.8. The van der Waals surface area contributed by atoms with Crippen LogP contribution >= 0.6 is 23.2 Å². The quantitative estimate of drug-likeness (QED) is 0.0907. The number of methoxy groups -OCH3 is 1. The Balaban J connectivity index is 1.37. The minimum Gasteiger partial charge on any atom is -0.494 e. The van der Waals surface area contributed by atoms with Crippen molar-refractivity contribution in [1.29, 1.82) is 0 Å². The van der Waals surface area contributed by atoms with Crippen molar-refractivity contribution in [3.05, 3.63) is 98.0 Å². The molecule has 3 aromatic carbocycles. The van der Waals surface area contributed by atoms with Crippen molar-refractivity contribution < 1.29 is 23.8 Å². The molecule has 1 atom stereocenters. The van der Waals surface area contributed by atoms with Crippen molar-refractivity contribution in [2.75, 3.05) is 31.8 Å². The Morgan fingerprint density at radius 2 is 1.73 bits per heavy atom. The van der Waals surface area contributed by atoms with Gasteiger partial charge in [-0.1, -0.05) is 36.2 Å². The molecular weight excluding hydrogens is 737 g/mol. The van der Waals surface area contributed by atoms with Gasteiger partial charge in [0.25, 0.3) is 5.91 Å². The van der Waals surface area contributed by atoms with Gasteiger partial charge in [0.15, 0.2) is 0 Å². The monoisotopic (exact) mass is 783 g/mol. The fourth-order valence-corrected chi connectivity index (χ4v) is 8.45. The van der Waals surface area contributed by atoms with E-state index in [1.165, 1.54) is 7.11 Å². The number of fused-ring (bicyclic) bond motifs is 4. The van der Waals surface area contributed by atoms with Crippen LogP contribution in [0.5, 0.6) is 5.75 Å². The maximum absolute atomic E-state index is 15.3. The normalized spacial score (nSPS) is 14.3. The van der Waals surface area contributed by atoms with E-state index in [4.69, 9.17) is 42.5 Å². The second-order valence-corrected chi connectivity index (χ2v) is 15.3. The van der Waals surface area contributed by atoms with Gasteiger partial charge in [-0.05, 0) is 107 Å². The van der Waals surface area contributed by atoms with Crippen molar-refractivity contribution in [2.24, 2.45) is 7.05 Å². The maximum atomic E-state index is 15.3. The fraction of sp³-hybridized carbons (Fsp3) is 0.372. The molecule has 6 aromatic rings. The lowest BCUT2D eigenvalue weighted by molar-refractivity contribution is 0.0600. The van der Waals surface area contributed by atoms with E-state index in [9.17, 15) is 4.79 Å². The van der Waals surface area contributed by atoms with Crippen molar-refractivity contribution in [3.8, 4) is 16.9 Å². The molecule has 0 N–H and O–H groups in total. The standard InChI is InChI=1S/C43H47Cl2N5O5/c1-9-16-54-23-48-22-36(33-20-29(43(52)53-8)12-15-35(33)48)49-21-26(4)50-40-32(13-14-34(44)38(40)37-27(5)46-47(7)28(37)6)31(41(50)42(49)51)11-10-17-55-30-18-24(2)39(45)25(3)19-30/h12-15,18-20,22,26H,9-11,16-17,21,23H2,1-8H3/t26-/m1/s1. The van der Waals surface area contributed by atoms with Gasteiger partial charge in [-0.15, -0.1) is 0 Å². The summed E-state index contributed by atoms with van der Waals surface area (Å²) in [7, 11) is 3.30. The number of benzene rings is 3. The summed E-state index contributed by atoms with van der Waals surface area (Å²) in [5, 5.41) is 7.81. The molecule has 3 aromatic heterocycles. The second-order valence-electron chi connectivity index (χ2n) is 14.5. The minimum atomic E-state index is -0.444. The van der Waals surface area contributed by atoms with Crippen molar-refractivity contribution in [2.45, 2.75) is 73.6 Å². The molecule has 1 aliphatic heterocycles. The van der Waals surface area contributed by atoms with Crippen LogP contribution in [0.1, 0.15) is 81.7 Å². The van der Waals surface area contributed by atoms with E-state index in [1.54, 1.807) is 12.1 Å². The predicted octanol–water partition coefficient (Wildman–Crippen LogP) is 9.94. The van der Waals surface area contributed by atoms with Gasteiger partial charge < -0.3 is 28.2 Å². The third-order valence-electron chi connectivity index (χ3n) is 10.7. The van der Waals surface area contributed by atoms with Gasteiger partial charge in [0.05, 0.1) is 46.7 Å². The molecule has 0 spiro atoms. The van der Waals surface area contributed by atoms with Crippen molar-refractivity contribution in [3.63, 3.8) is 0 Å². The summed E-state index contributed by atoms with van der Waals surface area (Å²) < 4.78 is 23.3. The van der Waals surface area contributed by atoms with E-state index in [0.29, 0.717) is 61.3 Å². The fourth-order valence-electron chi connectivity index (χ4n) is 8.09. The highest BCUT2D eigenvalue weighted by molar-refractivity contribution is 6.35. The van der Waals surface area contributed by atoms with Crippen LogP contribution in [0.3, 0.4) is 0 Å². The molecule has 1 aliphatic rings. The number of aromatic nitrogens is 4. The van der Waals surface area contributed by atoms with E-state index in [1.807, 2.05) is 85.4 Å². The predicted molar refractivity (Wildman–Crippen MR) is 219 cm³/mol. The van der Waals surface area contributed by atoms with E-state index in [-0.39, 0.29) is 11.9 Å². The van der Waals surface area contributed by atoms with Crippen LogP contribution in [0.25, 0.3) is 32.9 Å². The molecule has 55 heavy (non-hydrogen) atoms. The highest BCUT2D eigenvalue weighted by Gasteiger charge is 2.38. The second kappa shape index (κ2) is 15.4. The third-order valence-corrected chi connectivity index (χ3v) is 11.6. The first-order valence-corrected chi connectivity index (χ1v) is 19.5. The number of carbonyl (C=O) groups is 2. The first kappa shape index (κ1) is 38.5. The lowest BCUT2D eigenvalue weighted by Crippen LogP contribution is -2.42. The van der Waals surface area contributed by atoms with Gasteiger partial charge in [-0.2, -0.15) is 5.10 Å². The number of rotatable bonds is 12. The number of anilines is 1. The molecule has 0 bridgehead atoms. The van der Waals surface area contributed by atoms with Gasteiger partial charge >= 0.3 is 5.97 Å². The lowest BCUT2D eigenvalue weighted by Gasteiger charge is -2.34. The summed E-state index contributed by atoms with van der Waals surface area (Å²) in [6, 6.07) is 13.2. The number of hydrogen-bond acceptors (Lipinski definition) is 6. The highest BCUT2D eigenvalue weighted by Crippen LogP contribution is 2.46. The Kier molecular flexibility index (Phi) is 10.8. The zero-order valence-electron chi connectivity index (χ0n) is 32.7. The van der Waals surface area contributed by atoms with Crippen LogP contribution in [-0.4, -0.2) is 57.7 Å². The van der Waals surface area contributed by atoms with Crippen molar-refractivity contribution in [1.82, 2.24) is 18.9 Å². The van der Waals surface area contributed by atoms with E-state index in [0.717, 1.165) is 78.2 Å². The number of ether oxygens (including phenoxy) is 3. The van der Waals surface area contributed by atoms with Gasteiger partial charge in [0.2, 0.25) is 0 Å². The molecule has 10 nitrogen and oxygen atoms in total. The van der Waals surface area contributed by atoms with Crippen LogP contribution in [0, 0.1) is 27.7 Å². The van der Waals surface area contributed by atoms with Crippen LogP contribution in [0.15, 0.2) is 48.7 Å². The molecule has 7 rings (SSSR count). The molecule has 0 unspecified atom stereocenters. The van der Waals surface area contributed by atoms with Crippen LogP contribution < -0.4 is 9.64 Å². The summed E-state index contributed by atoms with van der Waals surface area (Å²) in [6.45, 7) is 13.9. The summed E-state index contributed by atoms with van der Waals surface area (Å²) >= 11 is 13.6. The van der Waals surface area contributed by atoms with Crippen LogP contribution in [0.4, 0.5) is 5.69 Å². The molecule has 0 saturated carbocycles. The summed E-state index contributed by atoms with van der Waals surface area (Å²) in [5.74, 6) is 0.189. The van der Waals surface area contributed by atoms with Gasteiger partial charge in [0.1, 0.15) is 18.2 Å². The number of nitrogens with zero attached hydrogens (tertiary/aromatic N) is 5. The van der Waals surface area contributed by atoms with E-state index in [2.05, 4.69) is 18.4 Å². The average molecular weight is 785 g/mol. The summed E-state index contributed by atoms with van der Waals surface area (Å²) in [5.41, 5.74) is 10.1. The zero-order valence-corrected chi connectivity index (χ0v) is 34.2. The molecule has 12 heteroatoms. The van der Waals surface area contributed by atoms with Crippen LogP contribution in [0.2, 0.25) is 10.0 Å². The Labute approximate surface area is 331 Å². The SMILES string of the molecule is CCCOCn1cc(N2C[C@@H](C)n3c(c(CCCOc4cc(C)c(Cl)c(C)c4)c4ccc(Cl)c(-c5c(C)nn(C)c5C)c43)C2=O)c2cc(C(=O)OC)ccc21. The van der Waals surface area contributed by atoms with Gasteiger partial charge in [0, 0.05) is 65.1 Å². The summed E-state index contributed by atoms with van der Waals surface area (Å²) in [6.07, 6.45) is 4.08. The number of amides is 1. The third kappa shape index (κ3) is 6.78. The topological polar surface area (TPSA) is 92.8 Å². The Morgan fingerprint density at radius 3 is 2.40 bits per heavy atom. The first-order chi connectivity index (χ1) is 26.4. The molecule has 0 saturated heterocycles. The number of aryl methyl sites for hydroxylation is 5. The average Bonchev–Trinajstić information content (AvgIpc) is 3.78. The first-order valence-electron chi connectivity index (χ1n) is 18.7. The minimum absolute atomic E-state index is 0.132. The maximum Gasteiger partial charge on any atom is 0.337 e. The molecular formula is C43H47Cl2N5O5. The lowest BCUT2D eigenvalue weighted by atomic mass is 9.98. The Hall–Kier alpha value is -4.77. The van der Waals surface area contributed by atoms with E-state index >= 15 is 4.79 Å². The molecule has 0 fully saturated rings. The molecule has 288 valence electrons. The molecule has 0 radical (unpaired) electrons. The Bertz CT molecular complexity index is 2450. The highest BCUT2D eigenvalue weighted by atomic mass is 35.5. The number of carbonyl (C=O) groups excluding carboxylic acids is 2. The van der Waals surface area contributed by atoms with E-state index < -0.39 is 5.97 Å². The largest absolute Gasteiger partial charge is 0.494 e.